The number of aromatic nitrogens is 4. The maximum absolute atomic E-state index is 14.7. The number of fused-ring (bicyclic) bond motifs is 1. The second-order valence-electron chi connectivity index (χ2n) is 6.85. The van der Waals surface area contributed by atoms with Crippen LogP contribution in [0.2, 0.25) is 5.02 Å². The Bertz CT molecular complexity index is 1170. The van der Waals surface area contributed by atoms with E-state index in [1.807, 2.05) is 28.8 Å². The standard InChI is InChI=1S/C21H18ClFN6/c22-14-1-2-17(23)16(13-14)20-26-18-3-4-19(28-11-9-25-10-12-28)27-21(18)29(20)15-5-7-24-8-6-15/h1-8,13,25H,9-12H2. The van der Waals surface area contributed by atoms with Crippen molar-refractivity contribution in [2.45, 2.75) is 0 Å². The molecule has 8 heteroatoms. The quantitative estimate of drug-likeness (QED) is 0.560. The highest BCUT2D eigenvalue weighted by atomic mass is 35.5. The maximum atomic E-state index is 14.7. The summed E-state index contributed by atoms with van der Waals surface area (Å²) in [5.41, 5.74) is 2.49. The average Bonchev–Trinajstić information content (AvgIpc) is 3.15. The van der Waals surface area contributed by atoms with Gasteiger partial charge in [0.2, 0.25) is 0 Å². The molecule has 0 bridgehead atoms. The largest absolute Gasteiger partial charge is 0.354 e. The lowest BCUT2D eigenvalue weighted by Gasteiger charge is -2.28. The normalized spacial score (nSPS) is 14.5. The molecule has 0 amide bonds. The van der Waals surface area contributed by atoms with E-state index in [4.69, 9.17) is 21.6 Å². The van der Waals surface area contributed by atoms with Gasteiger partial charge in [0, 0.05) is 43.6 Å². The lowest BCUT2D eigenvalue weighted by atomic mass is 10.2. The summed E-state index contributed by atoms with van der Waals surface area (Å²) in [5, 5.41) is 3.80. The van der Waals surface area contributed by atoms with Gasteiger partial charge in [-0.05, 0) is 42.5 Å². The van der Waals surface area contributed by atoms with Crippen LogP contribution in [0.3, 0.4) is 0 Å². The van der Waals surface area contributed by atoms with Gasteiger partial charge in [-0.1, -0.05) is 11.6 Å². The van der Waals surface area contributed by atoms with E-state index in [0.717, 1.165) is 37.7 Å². The van der Waals surface area contributed by atoms with Crippen LogP contribution in [0.4, 0.5) is 10.2 Å². The lowest BCUT2D eigenvalue weighted by Crippen LogP contribution is -2.43. The smallest absolute Gasteiger partial charge is 0.167 e. The molecule has 0 radical (unpaired) electrons. The monoisotopic (exact) mass is 408 g/mol. The molecule has 0 unspecified atom stereocenters. The molecule has 29 heavy (non-hydrogen) atoms. The Morgan fingerprint density at radius 2 is 1.76 bits per heavy atom. The number of hydrogen-bond acceptors (Lipinski definition) is 5. The zero-order valence-corrected chi connectivity index (χ0v) is 16.3. The zero-order valence-electron chi connectivity index (χ0n) is 15.5. The van der Waals surface area contributed by atoms with Crippen LogP contribution in [-0.2, 0) is 0 Å². The molecule has 1 saturated heterocycles. The average molecular weight is 409 g/mol. The highest BCUT2D eigenvalue weighted by molar-refractivity contribution is 6.30. The van der Waals surface area contributed by atoms with Crippen LogP contribution in [-0.4, -0.2) is 45.7 Å². The second kappa shape index (κ2) is 7.42. The predicted octanol–water partition coefficient (Wildman–Crippen LogP) is 3.68. The van der Waals surface area contributed by atoms with E-state index >= 15 is 0 Å². The van der Waals surface area contributed by atoms with Crippen molar-refractivity contribution in [2.24, 2.45) is 0 Å². The van der Waals surface area contributed by atoms with Crippen molar-refractivity contribution in [3.63, 3.8) is 0 Å². The number of halogens is 2. The van der Waals surface area contributed by atoms with E-state index in [2.05, 4.69) is 15.2 Å². The highest BCUT2D eigenvalue weighted by Crippen LogP contribution is 2.31. The minimum Gasteiger partial charge on any atom is -0.354 e. The van der Waals surface area contributed by atoms with Gasteiger partial charge < -0.3 is 10.2 Å². The number of benzene rings is 1. The molecule has 1 aliphatic heterocycles. The molecule has 4 heterocycles. The summed E-state index contributed by atoms with van der Waals surface area (Å²) in [6.07, 6.45) is 3.39. The summed E-state index contributed by atoms with van der Waals surface area (Å²) in [5.74, 6) is 0.950. The number of anilines is 1. The number of piperazine rings is 1. The lowest BCUT2D eigenvalue weighted by molar-refractivity contribution is 0.585. The van der Waals surface area contributed by atoms with Gasteiger partial charge in [-0.2, -0.15) is 0 Å². The molecule has 1 aliphatic rings. The Balaban J connectivity index is 1.75. The molecule has 1 N–H and O–H groups in total. The Morgan fingerprint density at radius 3 is 2.55 bits per heavy atom. The molecule has 146 valence electrons. The predicted molar refractivity (Wildman–Crippen MR) is 112 cm³/mol. The Hall–Kier alpha value is -3.03. The fourth-order valence-electron chi connectivity index (χ4n) is 3.60. The minimum atomic E-state index is -0.387. The highest BCUT2D eigenvalue weighted by Gasteiger charge is 2.20. The fourth-order valence-corrected chi connectivity index (χ4v) is 3.78. The molecule has 4 aromatic rings. The molecule has 0 spiro atoms. The Labute approximate surface area is 172 Å². The number of rotatable bonds is 3. The third kappa shape index (κ3) is 3.32. The molecule has 1 aromatic carbocycles. The first-order valence-corrected chi connectivity index (χ1v) is 9.79. The van der Waals surface area contributed by atoms with Crippen molar-refractivity contribution in [3.05, 3.63) is 65.7 Å². The van der Waals surface area contributed by atoms with Crippen molar-refractivity contribution < 1.29 is 4.39 Å². The molecule has 6 nitrogen and oxygen atoms in total. The van der Waals surface area contributed by atoms with Gasteiger partial charge in [-0.3, -0.25) is 9.55 Å². The first-order valence-electron chi connectivity index (χ1n) is 9.42. The maximum Gasteiger partial charge on any atom is 0.167 e. The van der Waals surface area contributed by atoms with Gasteiger partial charge in [0.1, 0.15) is 23.0 Å². The third-order valence-electron chi connectivity index (χ3n) is 5.02. The molecule has 0 atom stereocenters. The molecular weight excluding hydrogens is 391 g/mol. The molecule has 1 fully saturated rings. The minimum absolute atomic E-state index is 0.330. The number of hydrogen-bond donors (Lipinski definition) is 1. The van der Waals surface area contributed by atoms with Gasteiger partial charge in [-0.15, -0.1) is 0 Å². The van der Waals surface area contributed by atoms with Gasteiger partial charge in [-0.25, -0.2) is 14.4 Å². The summed E-state index contributed by atoms with van der Waals surface area (Å²) in [4.78, 5) is 15.9. The van der Waals surface area contributed by atoms with Gasteiger partial charge in [0.25, 0.3) is 0 Å². The summed E-state index contributed by atoms with van der Waals surface area (Å²) < 4.78 is 16.5. The first-order chi connectivity index (χ1) is 14.2. The van der Waals surface area contributed by atoms with Crippen LogP contribution in [0.25, 0.3) is 28.2 Å². The van der Waals surface area contributed by atoms with Gasteiger partial charge in [0.05, 0.1) is 11.3 Å². The number of nitrogens with zero attached hydrogens (tertiary/aromatic N) is 5. The molecule has 3 aromatic heterocycles. The SMILES string of the molecule is Fc1ccc(Cl)cc1-c1nc2ccc(N3CCNCC3)nc2n1-c1ccncc1. The van der Waals surface area contributed by atoms with Crippen LogP contribution in [0.5, 0.6) is 0 Å². The Kier molecular flexibility index (Phi) is 4.61. The summed E-state index contributed by atoms with van der Waals surface area (Å²) in [7, 11) is 0. The summed E-state index contributed by atoms with van der Waals surface area (Å²) in [6.45, 7) is 3.61. The van der Waals surface area contributed by atoms with E-state index in [1.165, 1.54) is 12.1 Å². The second-order valence-corrected chi connectivity index (χ2v) is 7.29. The van der Waals surface area contributed by atoms with E-state index < -0.39 is 0 Å². The third-order valence-corrected chi connectivity index (χ3v) is 5.26. The van der Waals surface area contributed by atoms with Crippen LogP contribution in [0.1, 0.15) is 0 Å². The van der Waals surface area contributed by atoms with Crippen molar-refractivity contribution in [1.29, 1.82) is 0 Å². The van der Waals surface area contributed by atoms with Gasteiger partial charge in [0.15, 0.2) is 5.65 Å². The van der Waals surface area contributed by atoms with Crippen LogP contribution < -0.4 is 10.2 Å². The number of imidazole rings is 1. The fraction of sp³-hybridized carbons (Fsp3) is 0.190. The molecule has 0 saturated carbocycles. The summed E-state index contributed by atoms with van der Waals surface area (Å²) >= 11 is 6.15. The van der Waals surface area contributed by atoms with Crippen LogP contribution in [0.15, 0.2) is 54.9 Å². The van der Waals surface area contributed by atoms with Crippen molar-refractivity contribution in [1.82, 2.24) is 24.8 Å². The van der Waals surface area contributed by atoms with Gasteiger partial charge >= 0.3 is 0 Å². The van der Waals surface area contributed by atoms with E-state index in [-0.39, 0.29) is 5.82 Å². The number of nitrogens with one attached hydrogen (secondary N) is 1. The van der Waals surface area contributed by atoms with Crippen molar-refractivity contribution in [2.75, 3.05) is 31.1 Å². The van der Waals surface area contributed by atoms with E-state index in [0.29, 0.717) is 27.6 Å². The summed E-state index contributed by atoms with van der Waals surface area (Å²) in [6, 6.07) is 12.1. The molecule has 5 rings (SSSR count). The van der Waals surface area contributed by atoms with Crippen molar-refractivity contribution in [3.8, 4) is 17.1 Å². The van der Waals surface area contributed by atoms with E-state index in [9.17, 15) is 4.39 Å². The molecule has 0 aliphatic carbocycles. The Morgan fingerprint density at radius 1 is 0.966 bits per heavy atom. The molecular formula is C21H18ClFN6. The van der Waals surface area contributed by atoms with Crippen LogP contribution in [0, 0.1) is 5.82 Å². The first kappa shape index (κ1) is 18.0. The number of pyridine rings is 2. The van der Waals surface area contributed by atoms with E-state index in [1.54, 1.807) is 18.5 Å². The van der Waals surface area contributed by atoms with Crippen LogP contribution >= 0.6 is 11.6 Å². The van der Waals surface area contributed by atoms with Crippen molar-refractivity contribution >= 4 is 28.6 Å². The zero-order chi connectivity index (χ0) is 19.8. The topological polar surface area (TPSA) is 58.9 Å².